The van der Waals surface area contributed by atoms with Gasteiger partial charge in [-0.15, -0.1) is 22.9 Å². The predicted octanol–water partition coefficient (Wildman–Crippen LogP) is 4.52. The molecule has 0 amide bonds. The van der Waals surface area contributed by atoms with E-state index in [0.29, 0.717) is 0 Å². The van der Waals surface area contributed by atoms with E-state index in [2.05, 4.69) is 0 Å². The van der Waals surface area contributed by atoms with E-state index in [1.54, 1.807) is 19.2 Å². The smallest absolute Gasteiger partial charge is 0.207 e. The third-order valence-corrected chi connectivity index (χ3v) is 7.07. The van der Waals surface area contributed by atoms with E-state index >= 15 is 0 Å². The van der Waals surface area contributed by atoms with Crippen molar-refractivity contribution in [3.8, 4) is 0 Å². The number of alkyl halides is 1. The van der Waals surface area contributed by atoms with E-state index in [4.69, 9.17) is 23.2 Å². The van der Waals surface area contributed by atoms with Crippen molar-refractivity contribution in [2.24, 2.45) is 0 Å². The minimum absolute atomic E-state index is 0.0909. The lowest BCUT2D eigenvalue weighted by Gasteiger charge is -2.24. The number of sulfonamides is 1. The van der Waals surface area contributed by atoms with Gasteiger partial charge in [-0.25, -0.2) is 8.42 Å². The summed E-state index contributed by atoms with van der Waals surface area (Å²) in [7, 11) is -2.12. The summed E-state index contributed by atoms with van der Waals surface area (Å²) < 4.78 is 26.9. The number of hydrogen-bond acceptors (Lipinski definition) is 3. The molecule has 1 unspecified atom stereocenters. The van der Waals surface area contributed by atoms with Gasteiger partial charge < -0.3 is 0 Å². The summed E-state index contributed by atoms with van der Waals surface area (Å²) in [5, 5.41) is 2.13. The van der Waals surface area contributed by atoms with E-state index < -0.39 is 10.0 Å². The van der Waals surface area contributed by atoms with Gasteiger partial charge in [0.05, 0.1) is 11.1 Å². The Morgan fingerprint density at radius 2 is 2.05 bits per heavy atom. The SMILES string of the molecule is CC(c1cccs1)N(C)S(=O)(=O)c1cc(CCl)ccc1Cl. The summed E-state index contributed by atoms with van der Waals surface area (Å²) in [4.78, 5) is 1.07. The van der Waals surface area contributed by atoms with Crippen LogP contribution in [-0.4, -0.2) is 19.8 Å². The van der Waals surface area contributed by atoms with Gasteiger partial charge in [-0.05, 0) is 36.1 Å². The minimum Gasteiger partial charge on any atom is -0.207 e. The fourth-order valence-electron chi connectivity index (χ4n) is 1.90. The first-order chi connectivity index (χ1) is 9.87. The molecular weight excluding hydrogens is 349 g/mol. The molecule has 0 aliphatic rings. The lowest BCUT2D eigenvalue weighted by Crippen LogP contribution is -2.29. The topological polar surface area (TPSA) is 37.4 Å². The number of halogens is 2. The molecule has 0 spiro atoms. The standard InChI is InChI=1S/C14H15Cl2NO2S2/c1-10(13-4-3-7-20-13)17(2)21(18,19)14-8-11(9-15)5-6-12(14)16/h3-8,10H,9H2,1-2H3. The summed E-state index contributed by atoms with van der Waals surface area (Å²) in [6.45, 7) is 1.85. The van der Waals surface area contributed by atoms with Crippen molar-refractivity contribution >= 4 is 44.6 Å². The Morgan fingerprint density at radius 1 is 1.33 bits per heavy atom. The largest absolute Gasteiger partial charge is 0.244 e. The first-order valence-electron chi connectivity index (χ1n) is 6.23. The second-order valence-electron chi connectivity index (χ2n) is 4.61. The van der Waals surface area contributed by atoms with Crippen LogP contribution in [0.4, 0.5) is 0 Å². The van der Waals surface area contributed by atoms with Crippen molar-refractivity contribution < 1.29 is 8.42 Å². The third-order valence-electron chi connectivity index (χ3n) is 3.31. The highest BCUT2D eigenvalue weighted by Crippen LogP contribution is 2.32. The fourth-order valence-corrected chi connectivity index (χ4v) is 4.82. The lowest BCUT2D eigenvalue weighted by molar-refractivity contribution is 0.403. The molecule has 0 aliphatic heterocycles. The second kappa shape index (κ2) is 6.67. The molecule has 0 radical (unpaired) electrons. The molecule has 0 saturated carbocycles. The van der Waals surface area contributed by atoms with Crippen LogP contribution in [0.15, 0.2) is 40.6 Å². The molecule has 7 heteroatoms. The van der Waals surface area contributed by atoms with Gasteiger partial charge in [-0.3, -0.25) is 0 Å². The van der Waals surface area contributed by atoms with Gasteiger partial charge in [0.1, 0.15) is 4.90 Å². The van der Waals surface area contributed by atoms with Crippen LogP contribution < -0.4 is 0 Å². The average Bonchev–Trinajstić information content (AvgIpc) is 3.00. The zero-order valence-corrected chi connectivity index (χ0v) is 14.7. The van der Waals surface area contributed by atoms with Crippen molar-refractivity contribution in [3.05, 3.63) is 51.2 Å². The van der Waals surface area contributed by atoms with Crippen LogP contribution >= 0.6 is 34.5 Å². The van der Waals surface area contributed by atoms with Crippen LogP contribution in [0, 0.1) is 0 Å². The minimum atomic E-state index is -3.68. The summed E-state index contributed by atoms with van der Waals surface area (Å²) in [5.74, 6) is 0.240. The third kappa shape index (κ3) is 3.43. The van der Waals surface area contributed by atoms with Gasteiger partial charge in [-0.2, -0.15) is 4.31 Å². The molecule has 1 atom stereocenters. The molecule has 0 aliphatic carbocycles. The Hall–Kier alpha value is -0.590. The maximum atomic E-state index is 12.8. The van der Waals surface area contributed by atoms with E-state index in [1.165, 1.54) is 21.7 Å². The molecule has 0 saturated heterocycles. The first-order valence-corrected chi connectivity index (χ1v) is 9.47. The van der Waals surface area contributed by atoms with E-state index in [9.17, 15) is 8.42 Å². The maximum Gasteiger partial charge on any atom is 0.244 e. The second-order valence-corrected chi connectivity index (χ2v) is 8.23. The zero-order chi connectivity index (χ0) is 15.6. The van der Waals surface area contributed by atoms with Crippen molar-refractivity contribution in [2.75, 3.05) is 7.05 Å². The summed E-state index contributed by atoms with van der Waals surface area (Å²) in [5.41, 5.74) is 0.719. The number of rotatable bonds is 5. The average molecular weight is 364 g/mol. The molecule has 0 bridgehead atoms. The Labute approximate surface area is 139 Å². The van der Waals surface area contributed by atoms with Crippen LogP contribution in [0.3, 0.4) is 0 Å². The highest BCUT2D eigenvalue weighted by Gasteiger charge is 2.28. The van der Waals surface area contributed by atoms with Gasteiger partial charge >= 0.3 is 0 Å². The molecule has 21 heavy (non-hydrogen) atoms. The molecule has 1 aromatic heterocycles. The Kier molecular flexibility index (Phi) is 5.33. The molecular formula is C14H15Cl2NO2S2. The Balaban J connectivity index is 2.42. The molecule has 1 heterocycles. The molecule has 0 N–H and O–H groups in total. The molecule has 3 nitrogen and oxygen atoms in total. The first kappa shape index (κ1) is 16.8. The van der Waals surface area contributed by atoms with Crippen LogP contribution in [0.5, 0.6) is 0 Å². The van der Waals surface area contributed by atoms with Gasteiger partial charge in [0.15, 0.2) is 0 Å². The molecule has 114 valence electrons. The number of nitrogens with zero attached hydrogens (tertiary/aromatic N) is 1. The van der Waals surface area contributed by atoms with Crippen LogP contribution in [0.25, 0.3) is 0 Å². The fraction of sp³-hybridized carbons (Fsp3) is 0.286. The van der Waals surface area contributed by atoms with Gasteiger partial charge in [-0.1, -0.05) is 23.7 Å². The van der Waals surface area contributed by atoms with Crippen LogP contribution in [-0.2, 0) is 15.9 Å². The summed E-state index contributed by atoms with van der Waals surface area (Å²) in [6.07, 6.45) is 0. The number of thiophene rings is 1. The maximum absolute atomic E-state index is 12.8. The van der Waals surface area contributed by atoms with Gasteiger partial charge in [0, 0.05) is 17.8 Å². The van der Waals surface area contributed by atoms with Gasteiger partial charge in [0.25, 0.3) is 0 Å². The van der Waals surface area contributed by atoms with Crippen molar-refractivity contribution in [2.45, 2.75) is 23.7 Å². The van der Waals surface area contributed by atoms with Crippen molar-refractivity contribution in [3.63, 3.8) is 0 Å². The van der Waals surface area contributed by atoms with Gasteiger partial charge in [0.2, 0.25) is 10.0 Å². The summed E-state index contributed by atoms with van der Waals surface area (Å²) >= 11 is 13.4. The molecule has 2 rings (SSSR count). The normalized spacial score (nSPS) is 13.6. The van der Waals surface area contributed by atoms with E-state index in [1.807, 2.05) is 24.4 Å². The zero-order valence-electron chi connectivity index (χ0n) is 11.6. The number of hydrogen-bond donors (Lipinski definition) is 0. The quantitative estimate of drug-likeness (QED) is 0.732. The lowest BCUT2D eigenvalue weighted by atomic mass is 10.2. The predicted molar refractivity (Wildman–Crippen MR) is 88.7 cm³/mol. The summed E-state index contributed by atoms with van der Waals surface area (Å²) in [6, 6.07) is 8.37. The van der Waals surface area contributed by atoms with E-state index in [0.717, 1.165) is 10.4 Å². The Bertz CT molecular complexity index is 715. The monoisotopic (exact) mass is 363 g/mol. The number of benzene rings is 1. The molecule has 2 aromatic rings. The molecule has 0 fully saturated rings. The molecule has 1 aromatic carbocycles. The van der Waals surface area contributed by atoms with Crippen LogP contribution in [0.2, 0.25) is 5.02 Å². The van der Waals surface area contributed by atoms with Crippen LogP contribution in [0.1, 0.15) is 23.4 Å². The van der Waals surface area contributed by atoms with E-state index in [-0.39, 0.29) is 21.8 Å². The highest BCUT2D eigenvalue weighted by atomic mass is 35.5. The Morgan fingerprint density at radius 3 is 2.62 bits per heavy atom. The van der Waals surface area contributed by atoms with Crippen molar-refractivity contribution in [1.82, 2.24) is 4.31 Å². The van der Waals surface area contributed by atoms with Crippen molar-refractivity contribution in [1.29, 1.82) is 0 Å². The highest BCUT2D eigenvalue weighted by molar-refractivity contribution is 7.89.